The molecule has 1 aromatic carbocycles. The highest BCUT2D eigenvalue weighted by atomic mass is 16.5. The van der Waals surface area contributed by atoms with Crippen molar-refractivity contribution in [2.45, 2.75) is 58.0 Å². The molecule has 2 aromatic heterocycles. The summed E-state index contributed by atoms with van der Waals surface area (Å²) in [5.74, 6) is 1.34. The Bertz CT molecular complexity index is 1440. The van der Waals surface area contributed by atoms with Gasteiger partial charge in [0.1, 0.15) is 0 Å². The first kappa shape index (κ1) is 30.2. The number of hydrogen-bond acceptors (Lipinski definition) is 12. The van der Waals surface area contributed by atoms with E-state index in [1.807, 2.05) is 26.0 Å². The fraction of sp³-hybridized carbons (Fsp3) is 0.581. The van der Waals surface area contributed by atoms with Crippen LogP contribution in [0.5, 0.6) is 0 Å². The number of hydrogen-bond donors (Lipinski definition) is 3. The summed E-state index contributed by atoms with van der Waals surface area (Å²) in [6.45, 7) is 11.6. The van der Waals surface area contributed by atoms with Crippen LogP contribution in [-0.2, 0) is 11.2 Å². The molecule has 13 nitrogen and oxygen atoms in total. The molecule has 3 aromatic rings. The van der Waals surface area contributed by atoms with E-state index in [2.05, 4.69) is 53.6 Å². The molecule has 6 rings (SSSR count). The number of primary amides is 1. The molecule has 0 bridgehead atoms. The molecule has 236 valence electrons. The minimum absolute atomic E-state index is 0.101. The van der Waals surface area contributed by atoms with Crippen LogP contribution in [0.4, 0.5) is 23.0 Å². The van der Waals surface area contributed by atoms with Gasteiger partial charge in [-0.1, -0.05) is 12.1 Å². The molecule has 0 radical (unpaired) electrons. The molecule has 5 heterocycles. The maximum Gasteiger partial charge on any atom is 0.271 e. The number of benzene rings is 1. The van der Waals surface area contributed by atoms with Crippen molar-refractivity contribution in [3.63, 3.8) is 0 Å². The molecule has 0 atom stereocenters. The number of piperidine rings is 1. The van der Waals surface area contributed by atoms with E-state index in [1.54, 1.807) is 0 Å². The van der Waals surface area contributed by atoms with Gasteiger partial charge in [-0.2, -0.15) is 4.98 Å². The van der Waals surface area contributed by atoms with Crippen molar-refractivity contribution in [2.75, 3.05) is 75.1 Å². The molecule has 3 fully saturated rings. The molecule has 0 spiro atoms. The number of rotatable bonds is 9. The lowest BCUT2D eigenvalue weighted by Crippen LogP contribution is -2.52. The standard InChI is InChI=1S/C31H44N10O3/c1-4-25-29(34-21-9-17-43-18-10-21)37-30(27(36-25)28(32)42)35-22-5-6-26(24(19-22)31-33-20(2)38-44-31)41-11-7-23(8-12-41)40-15-13-39(3)14-16-40/h5-6,19,21,23H,4,7-18H2,1-3H3,(H2,32,42)(H2,34,35,37). The fourth-order valence-electron chi connectivity index (χ4n) is 6.39. The van der Waals surface area contributed by atoms with E-state index < -0.39 is 5.91 Å². The maximum absolute atomic E-state index is 12.5. The third-order valence-electron chi connectivity index (χ3n) is 8.98. The minimum atomic E-state index is -0.639. The Kier molecular flexibility index (Phi) is 9.24. The van der Waals surface area contributed by atoms with E-state index in [0.717, 1.165) is 76.2 Å². The van der Waals surface area contributed by atoms with Gasteiger partial charge < -0.3 is 35.4 Å². The van der Waals surface area contributed by atoms with E-state index >= 15 is 0 Å². The third kappa shape index (κ3) is 6.79. The molecule has 13 heteroatoms. The lowest BCUT2D eigenvalue weighted by molar-refractivity contribution is 0.0903. The molecule has 0 saturated carbocycles. The first-order valence-corrected chi connectivity index (χ1v) is 15.8. The first-order valence-electron chi connectivity index (χ1n) is 15.8. The molecule has 3 aliphatic rings. The third-order valence-corrected chi connectivity index (χ3v) is 8.98. The largest absolute Gasteiger partial charge is 0.381 e. The van der Waals surface area contributed by atoms with E-state index in [0.29, 0.717) is 60.4 Å². The van der Waals surface area contributed by atoms with E-state index in [9.17, 15) is 4.79 Å². The van der Waals surface area contributed by atoms with Crippen LogP contribution >= 0.6 is 0 Å². The van der Waals surface area contributed by atoms with Gasteiger partial charge in [0.25, 0.3) is 11.8 Å². The lowest BCUT2D eigenvalue weighted by Gasteiger charge is -2.42. The van der Waals surface area contributed by atoms with Crippen LogP contribution in [0, 0.1) is 6.92 Å². The topological polar surface area (TPSA) is 151 Å². The SMILES string of the molecule is CCc1nc(C(N)=O)c(Nc2ccc(N3CCC(N4CCN(C)CC4)CC3)c(-c3nc(C)no3)c2)nc1NC1CCOCC1. The molecule has 3 aliphatic heterocycles. The zero-order valence-electron chi connectivity index (χ0n) is 26.0. The van der Waals surface area contributed by atoms with Crippen molar-refractivity contribution < 1.29 is 14.1 Å². The van der Waals surface area contributed by atoms with Crippen molar-refractivity contribution in [1.82, 2.24) is 29.9 Å². The van der Waals surface area contributed by atoms with Gasteiger partial charge >= 0.3 is 0 Å². The minimum Gasteiger partial charge on any atom is -0.381 e. The Labute approximate surface area is 258 Å². The monoisotopic (exact) mass is 604 g/mol. The number of likely N-dealkylation sites (N-methyl/N-ethyl adjacent to an activating group) is 1. The zero-order valence-corrected chi connectivity index (χ0v) is 26.0. The molecule has 0 aliphatic carbocycles. The number of aryl methyl sites for hydroxylation is 2. The summed E-state index contributed by atoms with van der Waals surface area (Å²) in [5, 5.41) is 10.9. The summed E-state index contributed by atoms with van der Waals surface area (Å²) < 4.78 is 11.2. The summed E-state index contributed by atoms with van der Waals surface area (Å²) in [7, 11) is 2.20. The normalized spacial score (nSPS) is 19.3. The number of amides is 1. The zero-order chi connectivity index (χ0) is 30.6. The van der Waals surface area contributed by atoms with Gasteiger partial charge in [0.15, 0.2) is 23.2 Å². The molecule has 0 unspecified atom stereocenters. The number of carbonyl (C=O) groups excluding carboxylic acids is 1. The van der Waals surface area contributed by atoms with Crippen LogP contribution in [0.3, 0.4) is 0 Å². The Morgan fingerprint density at radius 1 is 1.00 bits per heavy atom. The van der Waals surface area contributed by atoms with Crippen LogP contribution in [0.25, 0.3) is 11.5 Å². The smallest absolute Gasteiger partial charge is 0.271 e. The second-order valence-corrected chi connectivity index (χ2v) is 12.0. The summed E-state index contributed by atoms with van der Waals surface area (Å²) in [4.78, 5) is 34.0. The molecule has 1 amide bonds. The van der Waals surface area contributed by atoms with Gasteiger partial charge in [-0.05, 0) is 64.3 Å². The van der Waals surface area contributed by atoms with Crippen molar-refractivity contribution in [1.29, 1.82) is 0 Å². The number of nitrogens with two attached hydrogens (primary N) is 1. The van der Waals surface area contributed by atoms with Crippen LogP contribution in [-0.4, -0.2) is 107 Å². The molecule has 3 saturated heterocycles. The van der Waals surface area contributed by atoms with Crippen LogP contribution in [0.1, 0.15) is 54.6 Å². The summed E-state index contributed by atoms with van der Waals surface area (Å²) in [6.07, 6.45) is 4.59. The van der Waals surface area contributed by atoms with Gasteiger partial charge in [0.05, 0.1) is 11.3 Å². The molecular formula is C31H44N10O3. The number of carbonyl (C=O) groups is 1. The lowest BCUT2D eigenvalue weighted by atomic mass is 10.00. The summed E-state index contributed by atoms with van der Waals surface area (Å²) in [5.41, 5.74) is 9.16. The Morgan fingerprint density at radius 3 is 2.41 bits per heavy atom. The van der Waals surface area contributed by atoms with Gasteiger partial charge in [0.2, 0.25) is 0 Å². The number of nitrogens with one attached hydrogen (secondary N) is 2. The summed E-state index contributed by atoms with van der Waals surface area (Å²) >= 11 is 0. The number of anilines is 4. The number of aromatic nitrogens is 4. The molecule has 4 N–H and O–H groups in total. The first-order chi connectivity index (χ1) is 21.4. The Balaban J connectivity index is 1.26. The second kappa shape index (κ2) is 13.4. The van der Waals surface area contributed by atoms with E-state index in [1.165, 1.54) is 0 Å². The average molecular weight is 605 g/mol. The Hall–Kier alpha value is -3.81. The van der Waals surface area contributed by atoms with Gasteiger partial charge in [-0.25, -0.2) is 9.97 Å². The number of piperazine rings is 1. The van der Waals surface area contributed by atoms with Crippen molar-refractivity contribution in [2.24, 2.45) is 5.73 Å². The van der Waals surface area contributed by atoms with Gasteiger partial charge in [0, 0.05) is 75.9 Å². The predicted octanol–water partition coefficient (Wildman–Crippen LogP) is 3.05. The van der Waals surface area contributed by atoms with Gasteiger partial charge in [-0.15, -0.1) is 0 Å². The predicted molar refractivity (Wildman–Crippen MR) is 169 cm³/mol. The van der Waals surface area contributed by atoms with E-state index in [-0.39, 0.29) is 11.7 Å². The molecule has 44 heavy (non-hydrogen) atoms. The molecular weight excluding hydrogens is 560 g/mol. The van der Waals surface area contributed by atoms with Crippen LogP contribution in [0.2, 0.25) is 0 Å². The number of ether oxygens (including phenoxy) is 1. The van der Waals surface area contributed by atoms with Crippen LogP contribution in [0.15, 0.2) is 22.7 Å². The van der Waals surface area contributed by atoms with Gasteiger partial charge in [-0.3, -0.25) is 9.69 Å². The Morgan fingerprint density at radius 2 is 1.75 bits per heavy atom. The summed E-state index contributed by atoms with van der Waals surface area (Å²) in [6, 6.07) is 6.87. The highest BCUT2D eigenvalue weighted by molar-refractivity contribution is 5.96. The van der Waals surface area contributed by atoms with Crippen LogP contribution < -0.4 is 21.3 Å². The van der Waals surface area contributed by atoms with Crippen molar-refractivity contribution in [3.05, 3.63) is 35.4 Å². The maximum atomic E-state index is 12.5. The number of nitrogens with zero attached hydrogens (tertiary/aromatic N) is 7. The fourth-order valence-corrected chi connectivity index (χ4v) is 6.39. The highest BCUT2D eigenvalue weighted by Crippen LogP contribution is 2.36. The highest BCUT2D eigenvalue weighted by Gasteiger charge is 2.29. The quantitative estimate of drug-likeness (QED) is 0.329. The second-order valence-electron chi connectivity index (χ2n) is 12.0. The average Bonchev–Trinajstić information content (AvgIpc) is 3.48. The van der Waals surface area contributed by atoms with E-state index in [4.69, 9.17) is 20.0 Å². The van der Waals surface area contributed by atoms with Crippen molar-refractivity contribution in [3.8, 4) is 11.5 Å². The van der Waals surface area contributed by atoms with Crippen molar-refractivity contribution >= 4 is 28.9 Å².